The lowest BCUT2D eigenvalue weighted by atomic mass is 9.78. The largest absolute Gasteiger partial charge is 0.106 e. The summed E-state index contributed by atoms with van der Waals surface area (Å²) in [5.74, 6) is 0. The first-order valence-electron chi connectivity index (χ1n) is 19.6. The summed E-state index contributed by atoms with van der Waals surface area (Å²) in [5.41, 5.74) is 17.5. The fourth-order valence-corrected chi connectivity index (χ4v) is 12.4. The number of rotatable bonds is 6. The smallest absolute Gasteiger partial charge is 0.0712 e. The Bertz CT molecular complexity index is 1830. The maximum atomic E-state index is 2.68. The van der Waals surface area contributed by atoms with Crippen LogP contribution in [0.1, 0.15) is 141 Å². The van der Waals surface area contributed by atoms with Crippen LogP contribution in [0.3, 0.4) is 0 Å². The second-order valence-electron chi connectivity index (χ2n) is 20.1. The molecular weight excluding hydrogens is 629 g/mol. The van der Waals surface area contributed by atoms with Gasteiger partial charge in [0.25, 0.3) is 0 Å². The number of hydrogen-bond acceptors (Lipinski definition) is 0. The third-order valence-corrected chi connectivity index (χ3v) is 16.9. The van der Waals surface area contributed by atoms with Crippen LogP contribution in [0.25, 0.3) is 34.4 Å². The molecule has 6 rings (SSSR count). The van der Waals surface area contributed by atoms with Crippen molar-refractivity contribution in [3.05, 3.63) is 128 Å². The van der Waals surface area contributed by atoms with E-state index >= 15 is 0 Å². The summed E-state index contributed by atoms with van der Waals surface area (Å²) in [5, 5.41) is 3.42. The van der Waals surface area contributed by atoms with Gasteiger partial charge in [0.05, 0.1) is 0 Å². The number of fused-ring (bicyclic) bond motifs is 2. The van der Waals surface area contributed by atoms with Crippen molar-refractivity contribution in [3.63, 3.8) is 0 Å². The van der Waals surface area contributed by atoms with Gasteiger partial charge in [-0.1, -0.05) is 204 Å². The Labute approximate surface area is 312 Å². The maximum absolute atomic E-state index is 2.68. The third-order valence-electron chi connectivity index (χ3n) is 11.9. The molecule has 4 aromatic carbocycles. The summed E-state index contributed by atoms with van der Waals surface area (Å²) >= 11 is 0. The number of allylic oxidation sites excluding steroid dienone is 2. The third kappa shape index (κ3) is 7.30. The van der Waals surface area contributed by atoms with Crippen LogP contribution in [-0.4, -0.2) is 8.07 Å². The summed E-state index contributed by atoms with van der Waals surface area (Å²) < 4.78 is 0. The van der Waals surface area contributed by atoms with Crippen molar-refractivity contribution in [1.82, 2.24) is 0 Å². The number of hydrogen-bond donors (Lipinski definition) is 0. The topological polar surface area (TPSA) is 0 Å². The van der Waals surface area contributed by atoms with Gasteiger partial charge >= 0.3 is 0 Å². The predicted molar refractivity (Wildman–Crippen MR) is 229 cm³/mol. The Morgan fingerprint density at radius 1 is 0.490 bits per heavy atom. The van der Waals surface area contributed by atoms with Gasteiger partial charge < -0.3 is 0 Å². The molecule has 268 valence electrons. The molecule has 4 aromatic rings. The van der Waals surface area contributed by atoms with E-state index in [4.69, 9.17) is 0 Å². The zero-order chi connectivity index (χ0) is 37.3. The van der Waals surface area contributed by atoms with Crippen molar-refractivity contribution in [2.75, 3.05) is 0 Å². The van der Waals surface area contributed by atoms with E-state index in [0.29, 0.717) is 0 Å². The number of benzene rings is 4. The quantitative estimate of drug-likeness (QED) is 0.176. The highest BCUT2D eigenvalue weighted by Crippen LogP contribution is 2.47. The van der Waals surface area contributed by atoms with Gasteiger partial charge in [-0.05, 0) is 101 Å². The van der Waals surface area contributed by atoms with Gasteiger partial charge in [-0.3, -0.25) is 0 Å². The lowest BCUT2D eigenvalue weighted by Crippen LogP contribution is -2.36. The summed E-state index contributed by atoms with van der Waals surface area (Å²) in [6.45, 7) is 33.2. The molecule has 0 nitrogen and oxygen atoms in total. The monoisotopic (exact) mass is 692 g/mol. The average Bonchev–Trinajstić information content (AvgIpc) is 3.68. The van der Waals surface area contributed by atoms with Gasteiger partial charge in [-0.2, -0.15) is 0 Å². The van der Waals surface area contributed by atoms with Crippen molar-refractivity contribution in [3.8, 4) is 22.3 Å². The highest BCUT2D eigenvalue weighted by molar-refractivity contribution is 6.93. The summed E-state index contributed by atoms with van der Waals surface area (Å²) in [4.78, 5) is 0. The lowest BCUT2D eigenvalue weighted by molar-refractivity contribution is 0.568. The molecule has 0 N–H and O–H groups in total. The fourth-order valence-electron chi connectivity index (χ4n) is 8.27. The second-order valence-corrected chi connectivity index (χ2v) is 24.6. The van der Waals surface area contributed by atoms with Crippen LogP contribution in [0.5, 0.6) is 0 Å². The van der Waals surface area contributed by atoms with Crippen molar-refractivity contribution in [1.29, 1.82) is 0 Å². The lowest BCUT2D eigenvalue weighted by Gasteiger charge is -2.31. The second kappa shape index (κ2) is 12.9. The normalized spacial score (nSPS) is 15.1. The van der Waals surface area contributed by atoms with Crippen LogP contribution in [-0.2, 0) is 34.5 Å². The molecule has 0 heterocycles. The van der Waals surface area contributed by atoms with E-state index in [1.165, 1.54) is 79.2 Å². The molecule has 0 aliphatic heterocycles. The van der Waals surface area contributed by atoms with Crippen LogP contribution < -0.4 is 0 Å². The highest BCUT2D eigenvalue weighted by atomic mass is 28.3. The van der Waals surface area contributed by atoms with Crippen molar-refractivity contribution < 1.29 is 0 Å². The van der Waals surface area contributed by atoms with Gasteiger partial charge in [-0.25, -0.2) is 0 Å². The first kappa shape index (κ1) is 37.3. The molecule has 0 spiro atoms. The van der Waals surface area contributed by atoms with Crippen molar-refractivity contribution in [2.45, 2.75) is 144 Å². The molecule has 0 fully saturated rings. The van der Waals surface area contributed by atoms with E-state index in [0.717, 1.165) is 12.8 Å². The molecular formula is C50H64Si. The molecule has 0 bridgehead atoms. The first-order valence-corrected chi connectivity index (χ1v) is 22.3. The van der Waals surface area contributed by atoms with Crippen LogP contribution >= 0.6 is 0 Å². The van der Waals surface area contributed by atoms with Gasteiger partial charge in [0.2, 0.25) is 0 Å². The molecule has 51 heavy (non-hydrogen) atoms. The van der Waals surface area contributed by atoms with E-state index in [1.54, 1.807) is 10.4 Å². The van der Waals surface area contributed by atoms with E-state index in [9.17, 15) is 0 Å². The maximum Gasteiger partial charge on any atom is 0.106 e. The van der Waals surface area contributed by atoms with Crippen molar-refractivity contribution >= 4 is 20.2 Å². The zero-order valence-electron chi connectivity index (χ0n) is 34.4. The zero-order valence-corrected chi connectivity index (χ0v) is 35.4. The van der Waals surface area contributed by atoms with E-state index in [2.05, 4.69) is 182 Å². The minimum atomic E-state index is -1.97. The Morgan fingerprint density at radius 2 is 0.824 bits per heavy atom. The Hall–Kier alpha value is -3.42. The predicted octanol–water partition coefficient (Wildman–Crippen LogP) is 14.4. The molecule has 2 aliphatic carbocycles. The molecule has 0 saturated heterocycles. The van der Waals surface area contributed by atoms with Gasteiger partial charge in [0.15, 0.2) is 0 Å². The first-order chi connectivity index (χ1) is 23.6. The molecule has 0 radical (unpaired) electrons. The summed E-state index contributed by atoms with van der Waals surface area (Å²) in [7, 11) is -1.97. The van der Waals surface area contributed by atoms with E-state index in [-0.39, 0.29) is 21.7 Å². The highest BCUT2D eigenvalue weighted by Gasteiger charge is 2.39. The van der Waals surface area contributed by atoms with Crippen LogP contribution in [0.4, 0.5) is 0 Å². The van der Waals surface area contributed by atoms with Crippen LogP contribution in [0.15, 0.2) is 83.2 Å². The molecule has 1 heteroatoms. The standard InChI is InChI=1S/C50H64Si/c1-15-22-51(14,41-27-33-18-16-20-43(45(33)31-41)35-23-37(47(2,3)4)29-38(24-35)48(5,6)7)42-28-34-19-17-21-44(46(34)32-42)36-25-39(49(8,9)10)30-40(26-36)50(11,12)13/h16-21,23-26,29-32H,15,22,27-28H2,1-14H3. The minimum absolute atomic E-state index is 0.0900. The molecule has 0 amide bonds. The van der Waals surface area contributed by atoms with Crippen LogP contribution in [0.2, 0.25) is 12.6 Å². The Kier molecular flexibility index (Phi) is 9.45. The van der Waals surface area contributed by atoms with E-state index in [1.807, 2.05) is 0 Å². The van der Waals surface area contributed by atoms with Gasteiger partial charge in [0, 0.05) is 0 Å². The molecule has 2 aliphatic rings. The summed E-state index contributed by atoms with van der Waals surface area (Å²) in [6.07, 6.45) is 8.69. The van der Waals surface area contributed by atoms with Gasteiger partial charge in [0.1, 0.15) is 8.07 Å². The molecule has 0 unspecified atom stereocenters. The molecule has 0 atom stereocenters. The van der Waals surface area contributed by atoms with Crippen LogP contribution in [0, 0.1) is 0 Å². The SMILES string of the molecule is CCC[Si](C)(C1=Cc2c(cccc2-c2cc(C(C)(C)C)cc(C(C)(C)C)c2)C1)C1=Cc2c(cccc2-c2cc(C(C)(C)C)cc(C(C)(C)C)c2)C1. The van der Waals surface area contributed by atoms with Crippen molar-refractivity contribution in [2.24, 2.45) is 0 Å². The minimum Gasteiger partial charge on any atom is -0.0712 e. The Morgan fingerprint density at radius 3 is 1.12 bits per heavy atom. The van der Waals surface area contributed by atoms with Gasteiger partial charge in [-0.15, -0.1) is 0 Å². The Balaban J connectivity index is 1.45. The average molecular weight is 693 g/mol. The molecule has 0 aromatic heterocycles. The molecule has 0 saturated carbocycles. The fraction of sp³-hybridized carbons (Fsp3) is 0.440. The van der Waals surface area contributed by atoms with E-state index < -0.39 is 8.07 Å². The summed E-state index contributed by atoms with van der Waals surface area (Å²) in [6, 6.07) is 30.2.